The van der Waals surface area contributed by atoms with Gasteiger partial charge >= 0.3 is 5.97 Å². The summed E-state index contributed by atoms with van der Waals surface area (Å²) in [5.74, 6) is -0.478. The third-order valence-electron chi connectivity index (χ3n) is 1.12. The molecule has 3 heteroatoms. The first-order valence-corrected chi connectivity index (χ1v) is 3.33. The van der Waals surface area contributed by atoms with Gasteiger partial charge in [0.1, 0.15) is 0 Å². The summed E-state index contributed by atoms with van der Waals surface area (Å²) < 4.78 is 4.44. The highest BCUT2D eigenvalue weighted by Gasteiger charge is 2.05. The molecule has 0 aliphatic rings. The summed E-state index contributed by atoms with van der Waals surface area (Å²) in [5.41, 5.74) is 0.360. The first kappa shape index (κ1) is 9.91. The molecule has 0 rings (SSSR count). The summed E-state index contributed by atoms with van der Waals surface area (Å²) in [6, 6.07) is 0. The molecule has 0 aromatic carbocycles. The Hall–Kier alpha value is -1.09. The van der Waals surface area contributed by atoms with Crippen LogP contribution in [0.2, 0.25) is 0 Å². The van der Waals surface area contributed by atoms with Crippen molar-refractivity contribution >= 4 is 5.97 Å². The van der Waals surface area contributed by atoms with E-state index in [4.69, 9.17) is 5.11 Å². The number of aliphatic hydroxyl groups excluding tert-OH is 1. The van der Waals surface area contributed by atoms with Gasteiger partial charge in [-0.15, -0.1) is 0 Å². The molecule has 0 bridgehead atoms. The number of carbonyl (C=O) groups is 1. The fourth-order valence-electron chi connectivity index (χ4n) is 0.554. The Bertz CT molecular complexity index is 161. The van der Waals surface area contributed by atoms with Crippen LogP contribution in [0.3, 0.4) is 0 Å². The predicted octanol–water partition coefficient (Wildman–Crippen LogP) is 1.00. The van der Waals surface area contributed by atoms with Crippen molar-refractivity contribution < 1.29 is 14.6 Å². The number of aliphatic hydroxyl groups is 1. The van der Waals surface area contributed by atoms with Crippen LogP contribution in [0, 0.1) is 0 Å². The standard InChI is InChI=1S/C8H12O3/c1-3-11-8(10)7(2)5-4-6-9/h3,9H,1-2,4-6H2. The molecule has 0 aliphatic carbocycles. The van der Waals surface area contributed by atoms with Gasteiger partial charge in [0.05, 0.1) is 6.26 Å². The molecule has 0 aliphatic heterocycles. The molecule has 0 unspecified atom stereocenters. The second kappa shape index (κ2) is 5.68. The fourth-order valence-corrected chi connectivity index (χ4v) is 0.554. The van der Waals surface area contributed by atoms with Crippen molar-refractivity contribution in [1.29, 1.82) is 0 Å². The highest BCUT2D eigenvalue weighted by Crippen LogP contribution is 2.03. The van der Waals surface area contributed by atoms with Gasteiger partial charge in [0.15, 0.2) is 0 Å². The molecular formula is C8H12O3. The van der Waals surface area contributed by atoms with Gasteiger partial charge in [0.2, 0.25) is 0 Å². The Kier molecular flexibility index (Phi) is 5.11. The number of rotatable bonds is 5. The molecule has 0 aromatic heterocycles. The zero-order chi connectivity index (χ0) is 8.69. The average molecular weight is 156 g/mol. The van der Waals surface area contributed by atoms with Crippen LogP contribution in [-0.2, 0) is 9.53 Å². The quantitative estimate of drug-likeness (QED) is 0.367. The van der Waals surface area contributed by atoms with Crippen molar-refractivity contribution in [2.75, 3.05) is 6.61 Å². The van der Waals surface area contributed by atoms with E-state index in [9.17, 15) is 4.79 Å². The Morgan fingerprint density at radius 2 is 2.27 bits per heavy atom. The molecule has 11 heavy (non-hydrogen) atoms. The van der Waals surface area contributed by atoms with Gasteiger partial charge in [-0.1, -0.05) is 13.2 Å². The lowest BCUT2D eigenvalue weighted by Gasteiger charge is -2.00. The second-order valence-corrected chi connectivity index (χ2v) is 2.00. The van der Waals surface area contributed by atoms with Crippen molar-refractivity contribution in [2.24, 2.45) is 0 Å². The molecule has 0 saturated heterocycles. The number of esters is 1. The molecule has 0 fully saturated rings. The summed E-state index contributed by atoms with van der Waals surface area (Å²) in [7, 11) is 0. The van der Waals surface area contributed by atoms with E-state index in [1.807, 2.05) is 0 Å². The molecule has 0 heterocycles. The lowest BCUT2D eigenvalue weighted by molar-refractivity contribution is -0.133. The van der Waals surface area contributed by atoms with E-state index in [2.05, 4.69) is 17.9 Å². The minimum absolute atomic E-state index is 0.0559. The summed E-state index contributed by atoms with van der Waals surface area (Å²) in [6.45, 7) is 6.76. The van der Waals surface area contributed by atoms with Crippen molar-refractivity contribution in [3.8, 4) is 0 Å². The summed E-state index contributed by atoms with van der Waals surface area (Å²) in [5, 5.41) is 8.41. The Labute approximate surface area is 66.0 Å². The van der Waals surface area contributed by atoms with Gasteiger partial charge in [0.25, 0.3) is 0 Å². The van der Waals surface area contributed by atoms with Crippen molar-refractivity contribution in [2.45, 2.75) is 12.8 Å². The minimum atomic E-state index is -0.478. The average Bonchev–Trinajstić information content (AvgIpc) is 2.00. The molecule has 62 valence electrons. The van der Waals surface area contributed by atoms with E-state index in [1.54, 1.807) is 0 Å². The first-order valence-electron chi connectivity index (χ1n) is 3.33. The van der Waals surface area contributed by atoms with E-state index in [1.165, 1.54) is 0 Å². The summed E-state index contributed by atoms with van der Waals surface area (Å²) in [4.78, 5) is 10.8. The second-order valence-electron chi connectivity index (χ2n) is 2.00. The molecule has 0 amide bonds. The molecule has 0 aromatic rings. The van der Waals surface area contributed by atoms with Gasteiger partial charge in [0, 0.05) is 12.2 Å². The van der Waals surface area contributed by atoms with Crippen LogP contribution in [0.1, 0.15) is 12.8 Å². The minimum Gasteiger partial charge on any atom is -0.432 e. The lowest BCUT2D eigenvalue weighted by atomic mass is 10.2. The molecule has 1 N–H and O–H groups in total. The largest absolute Gasteiger partial charge is 0.432 e. The maximum Gasteiger partial charge on any atom is 0.338 e. The van der Waals surface area contributed by atoms with Crippen LogP contribution in [0.25, 0.3) is 0 Å². The molecule has 0 atom stereocenters. The van der Waals surface area contributed by atoms with Crippen molar-refractivity contribution in [3.63, 3.8) is 0 Å². The lowest BCUT2D eigenvalue weighted by Crippen LogP contribution is -2.03. The summed E-state index contributed by atoms with van der Waals surface area (Å²) in [6.07, 6.45) is 2.06. The zero-order valence-electron chi connectivity index (χ0n) is 6.38. The van der Waals surface area contributed by atoms with Crippen LogP contribution in [0.5, 0.6) is 0 Å². The first-order chi connectivity index (χ1) is 5.22. The SMILES string of the molecule is C=COC(=O)C(=C)CCCO. The highest BCUT2D eigenvalue weighted by molar-refractivity contribution is 5.87. The van der Waals surface area contributed by atoms with Crippen molar-refractivity contribution in [3.05, 3.63) is 25.0 Å². The third-order valence-corrected chi connectivity index (χ3v) is 1.12. The van der Waals surface area contributed by atoms with E-state index < -0.39 is 5.97 Å². The molecule has 0 spiro atoms. The maximum atomic E-state index is 10.8. The number of hydrogen-bond donors (Lipinski definition) is 1. The van der Waals surface area contributed by atoms with E-state index in [0.717, 1.165) is 6.26 Å². The van der Waals surface area contributed by atoms with E-state index >= 15 is 0 Å². The van der Waals surface area contributed by atoms with Gasteiger partial charge < -0.3 is 9.84 Å². The van der Waals surface area contributed by atoms with Crippen LogP contribution in [0.15, 0.2) is 25.0 Å². The van der Waals surface area contributed by atoms with Crippen LogP contribution >= 0.6 is 0 Å². The van der Waals surface area contributed by atoms with Crippen molar-refractivity contribution in [1.82, 2.24) is 0 Å². The van der Waals surface area contributed by atoms with Gasteiger partial charge in [-0.05, 0) is 12.8 Å². The Morgan fingerprint density at radius 1 is 1.64 bits per heavy atom. The van der Waals surface area contributed by atoms with Gasteiger partial charge in [-0.25, -0.2) is 4.79 Å². The maximum absolute atomic E-state index is 10.8. The van der Waals surface area contributed by atoms with Crippen LogP contribution < -0.4 is 0 Å². The Morgan fingerprint density at radius 3 is 2.73 bits per heavy atom. The monoisotopic (exact) mass is 156 g/mol. The van der Waals surface area contributed by atoms with Crippen LogP contribution in [-0.4, -0.2) is 17.7 Å². The third kappa shape index (κ3) is 4.33. The van der Waals surface area contributed by atoms with Gasteiger partial charge in [-0.3, -0.25) is 0 Å². The predicted molar refractivity (Wildman–Crippen MR) is 41.7 cm³/mol. The van der Waals surface area contributed by atoms with Gasteiger partial charge in [-0.2, -0.15) is 0 Å². The normalized spacial score (nSPS) is 8.82. The molecule has 0 saturated carbocycles. The molecule has 0 radical (unpaired) electrons. The number of ether oxygens (including phenoxy) is 1. The smallest absolute Gasteiger partial charge is 0.338 e. The zero-order valence-corrected chi connectivity index (χ0v) is 6.38. The molecule has 3 nitrogen and oxygen atoms in total. The number of carbonyl (C=O) groups excluding carboxylic acids is 1. The fraction of sp³-hybridized carbons (Fsp3) is 0.375. The summed E-state index contributed by atoms with van der Waals surface area (Å²) >= 11 is 0. The molecular weight excluding hydrogens is 144 g/mol. The van der Waals surface area contributed by atoms with E-state index in [-0.39, 0.29) is 6.61 Å². The Balaban J connectivity index is 3.64. The highest BCUT2D eigenvalue weighted by atomic mass is 16.5. The van der Waals surface area contributed by atoms with Crippen LogP contribution in [0.4, 0.5) is 0 Å². The topological polar surface area (TPSA) is 46.5 Å². The van der Waals surface area contributed by atoms with E-state index in [0.29, 0.717) is 18.4 Å². The number of hydrogen-bond acceptors (Lipinski definition) is 3.